The number of guanidine groups is 1. The first-order valence-corrected chi connectivity index (χ1v) is 7.60. The number of nitrogens with zero attached hydrogens (tertiary/aromatic N) is 1. The Labute approximate surface area is 158 Å². The zero-order valence-electron chi connectivity index (χ0n) is 12.7. The minimum absolute atomic E-state index is 0. The first kappa shape index (κ1) is 20.7. The van der Waals surface area contributed by atoms with Crippen molar-refractivity contribution in [1.82, 2.24) is 10.6 Å². The van der Waals surface area contributed by atoms with E-state index in [1.807, 2.05) is 17.5 Å². The molecule has 0 radical (unpaired) electrons. The summed E-state index contributed by atoms with van der Waals surface area (Å²) in [7, 11) is 1.53. The minimum atomic E-state index is -4.60. The third-order valence-electron chi connectivity index (χ3n) is 3.06. The van der Waals surface area contributed by atoms with Gasteiger partial charge in [0, 0.05) is 18.5 Å². The van der Waals surface area contributed by atoms with E-state index in [2.05, 4.69) is 15.6 Å². The van der Waals surface area contributed by atoms with E-state index in [1.54, 1.807) is 11.3 Å². The topological polar surface area (TPSA) is 36.4 Å². The Morgan fingerprint density at radius 2 is 1.88 bits per heavy atom. The summed E-state index contributed by atoms with van der Waals surface area (Å²) in [5.41, 5.74) is -1.03. The Hall–Kier alpha value is -1.36. The lowest BCUT2D eigenvalue weighted by Crippen LogP contribution is -2.36. The van der Waals surface area contributed by atoms with Crippen LogP contribution in [0, 0.1) is 5.82 Å². The average molecular weight is 473 g/mol. The molecule has 1 heterocycles. The summed E-state index contributed by atoms with van der Waals surface area (Å²) < 4.78 is 51.9. The van der Waals surface area contributed by atoms with Gasteiger partial charge in [0.2, 0.25) is 0 Å². The summed E-state index contributed by atoms with van der Waals surface area (Å²) in [6, 6.07) is 6.48. The number of thiophene rings is 1. The van der Waals surface area contributed by atoms with Crippen LogP contribution in [0.2, 0.25) is 0 Å². The maximum Gasteiger partial charge on any atom is 0.416 e. The molecule has 9 heteroatoms. The first-order chi connectivity index (χ1) is 10.9. The molecule has 0 bridgehead atoms. The van der Waals surface area contributed by atoms with Crippen LogP contribution in [0.5, 0.6) is 0 Å². The zero-order chi connectivity index (χ0) is 16.9. The maximum atomic E-state index is 13.1. The predicted molar refractivity (Wildman–Crippen MR) is 98.2 cm³/mol. The molecule has 3 nitrogen and oxygen atoms in total. The van der Waals surface area contributed by atoms with Crippen molar-refractivity contribution in [3.05, 3.63) is 57.5 Å². The molecule has 0 spiro atoms. The Balaban J connectivity index is 0.00000288. The molecule has 0 saturated carbocycles. The van der Waals surface area contributed by atoms with Crippen LogP contribution in [0.1, 0.15) is 16.0 Å². The Morgan fingerprint density at radius 3 is 2.46 bits per heavy atom. The van der Waals surface area contributed by atoms with E-state index in [4.69, 9.17) is 0 Å². The molecule has 1 aromatic heterocycles. The highest BCUT2D eigenvalue weighted by atomic mass is 127. The lowest BCUT2D eigenvalue weighted by Gasteiger charge is -2.15. The van der Waals surface area contributed by atoms with Gasteiger partial charge in [-0.3, -0.25) is 4.99 Å². The van der Waals surface area contributed by atoms with E-state index >= 15 is 0 Å². The molecule has 0 saturated heterocycles. The molecule has 0 aliphatic carbocycles. The van der Waals surface area contributed by atoms with E-state index < -0.39 is 17.6 Å². The van der Waals surface area contributed by atoms with Crippen molar-refractivity contribution in [2.45, 2.75) is 19.3 Å². The van der Waals surface area contributed by atoms with Crippen LogP contribution in [0.25, 0.3) is 0 Å². The number of benzene rings is 1. The predicted octanol–water partition coefficient (Wildman–Crippen LogP) is 4.39. The number of hydrogen-bond acceptors (Lipinski definition) is 2. The molecule has 2 aromatic rings. The van der Waals surface area contributed by atoms with Crippen LogP contribution in [0.3, 0.4) is 0 Å². The third-order valence-corrected chi connectivity index (χ3v) is 3.93. The van der Waals surface area contributed by atoms with Gasteiger partial charge >= 0.3 is 6.18 Å². The van der Waals surface area contributed by atoms with Gasteiger partial charge < -0.3 is 10.6 Å². The van der Waals surface area contributed by atoms with Gasteiger partial charge in [-0.05, 0) is 29.1 Å². The molecule has 0 fully saturated rings. The average Bonchev–Trinajstić information content (AvgIpc) is 3.01. The lowest BCUT2D eigenvalue weighted by molar-refractivity contribution is -0.138. The Kier molecular flexibility index (Phi) is 7.94. The van der Waals surface area contributed by atoms with Gasteiger partial charge in [0.1, 0.15) is 5.82 Å². The standard InChI is InChI=1S/C15H15F4N3S.HI/c1-20-14(22-9-12-3-2-6-23-12)21-8-10-4-5-11(16)7-13(10)15(17,18)19;/h2-7H,8-9H2,1H3,(H2,20,21,22);1H. The number of halogens is 5. The molecular weight excluding hydrogens is 457 g/mol. The van der Waals surface area contributed by atoms with Crippen molar-refractivity contribution in [2.24, 2.45) is 4.99 Å². The highest BCUT2D eigenvalue weighted by Crippen LogP contribution is 2.32. The zero-order valence-corrected chi connectivity index (χ0v) is 15.8. The molecule has 0 aliphatic rings. The molecule has 0 aliphatic heterocycles. The molecule has 1 aromatic carbocycles. The van der Waals surface area contributed by atoms with Gasteiger partial charge in [0.25, 0.3) is 0 Å². The van der Waals surface area contributed by atoms with Crippen LogP contribution >= 0.6 is 35.3 Å². The smallest absolute Gasteiger partial charge is 0.352 e. The van der Waals surface area contributed by atoms with Crippen molar-refractivity contribution in [3.63, 3.8) is 0 Å². The van der Waals surface area contributed by atoms with Crippen molar-refractivity contribution in [1.29, 1.82) is 0 Å². The van der Waals surface area contributed by atoms with Crippen LogP contribution in [0.4, 0.5) is 17.6 Å². The van der Waals surface area contributed by atoms with Crippen LogP contribution in [0.15, 0.2) is 40.7 Å². The van der Waals surface area contributed by atoms with Gasteiger partial charge in [-0.25, -0.2) is 4.39 Å². The fourth-order valence-electron chi connectivity index (χ4n) is 1.95. The quantitative estimate of drug-likeness (QED) is 0.299. The number of rotatable bonds is 4. The highest BCUT2D eigenvalue weighted by molar-refractivity contribution is 14.0. The largest absolute Gasteiger partial charge is 0.416 e. The van der Waals surface area contributed by atoms with Crippen LogP contribution in [-0.2, 0) is 19.3 Å². The number of aliphatic imine (C=N–C) groups is 1. The normalized spacial score (nSPS) is 11.8. The number of hydrogen-bond donors (Lipinski definition) is 2. The molecule has 2 N–H and O–H groups in total. The monoisotopic (exact) mass is 473 g/mol. The van der Waals surface area contributed by atoms with Crippen LogP contribution in [-0.4, -0.2) is 13.0 Å². The van der Waals surface area contributed by atoms with Gasteiger partial charge in [-0.15, -0.1) is 35.3 Å². The van der Waals surface area contributed by atoms with E-state index in [1.165, 1.54) is 7.05 Å². The van der Waals surface area contributed by atoms with Gasteiger partial charge in [0.05, 0.1) is 12.1 Å². The van der Waals surface area contributed by atoms with Gasteiger partial charge in [-0.2, -0.15) is 13.2 Å². The fraction of sp³-hybridized carbons (Fsp3) is 0.267. The van der Waals surface area contributed by atoms with E-state index in [0.29, 0.717) is 18.6 Å². The number of alkyl halides is 3. The second-order valence-electron chi connectivity index (χ2n) is 4.66. The van der Waals surface area contributed by atoms with Crippen molar-refractivity contribution >= 4 is 41.3 Å². The summed E-state index contributed by atoms with van der Waals surface area (Å²) in [4.78, 5) is 5.03. The molecular formula is C15H16F4IN3S. The Morgan fingerprint density at radius 1 is 1.17 bits per heavy atom. The Bertz CT molecular complexity index is 672. The maximum absolute atomic E-state index is 13.1. The van der Waals surface area contributed by atoms with Crippen molar-refractivity contribution < 1.29 is 17.6 Å². The summed E-state index contributed by atoms with van der Waals surface area (Å²) in [5.74, 6) is -0.544. The molecule has 0 amide bonds. The summed E-state index contributed by atoms with van der Waals surface area (Å²) in [6.07, 6.45) is -4.60. The second-order valence-corrected chi connectivity index (χ2v) is 5.69. The summed E-state index contributed by atoms with van der Waals surface area (Å²) in [6.45, 7) is 0.409. The first-order valence-electron chi connectivity index (χ1n) is 6.72. The highest BCUT2D eigenvalue weighted by Gasteiger charge is 2.33. The summed E-state index contributed by atoms with van der Waals surface area (Å²) in [5, 5.41) is 7.74. The second kappa shape index (κ2) is 9.21. The van der Waals surface area contributed by atoms with Crippen LogP contribution < -0.4 is 10.6 Å². The molecule has 0 unspecified atom stereocenters. The van der Waals surface area contributed by atoms with E-state index in [0.717, 1.165) is 17.0 Å². The molecule has 24 heavy (non-hydrogen) atoms. The lowest BCUT2D eigenvalue weighted by atomic mass is 10.1. The van der Waals surface area contributed by atoms with E-state index in [9.17, 15) is 17.6 Å². The fourth-order valence-corrected chi connectivity index (χ4v) is 2.59. The van der Waals surface area contributed by atoms with Crippen molar-refractivity contribution in [3.8, 4) is 0 Å². The minimum Gasteiger partial charge on any atom is -0.352 e. The SMILES string of the molecule is CN=C(NCc1cccs1)NCc1ccc(F)cc1C(F)(F)F.I. The molecule has 2 rings (SSSR count). The van der Waals surface area contributed by atoms with Crippen molar-refractivity contribution in [2.75, 3.05) is 7.05 Å². The van der Waals surface area contributed by atoms with Gasteiger partial charge in [-0.1, -0.05) is 12.1 Å². The van der Waals surface area contributed by atoms with E-state index in [-0.39, 0.29) is 36.1 Å². The van der Waals surface area contributed by atoms with Gasteiger partial charge in [0.15, 0.2) is 5.96 Å². The third kappa shape index (κ3) is 5.93. The number of nitrogens with one attached hydrogen (secondary N) is 2. The molecule has 132 valence electrons. The summed E-state index contributed by atoms with van der Waals surface area (Å²) >= 11 is 1.56. The molecule has 0 atom stereocenters.